The summed E-state index contributed by atoms with van der Waals surface area (Å²) in [6, 6.07) is 13.5. The Labute approximate surface area is 147 Å². The summed E-state index contributed by atoms with van der Waals surface area (Å²) in [7, 11) is 0. The Balaban J connectivity index is 1.60. The first kappa shape index (κ1) is 16.6. The maximum Gasteiger partial charge on any atom is 0.257 e. The fourth-order valence-corrected chi connectivity index (χ4v) is 3.82. The van der Waals surface area contributed by atoms with E-state index in [0.717, 1.165) is 10.1 Å². The summed E-state index contributed by atoms with van der Waals surface area (Å²) in [6.45, 7) is 2.07. The van der Waals surface area contributed by atoms with Gasteiger partial charge in [0.2, 0.25) is 5.13 Å². The maximum atomic E-state index is 12.9. The zero-order valence-electron chi connectivity index (χ0n) is 12.8. The number of hydrogen-bond donors (Lipinski definition) is 1. The molecule has 0 fully saturated rings. The van der Waals surface area contributed by atoms with E-state index in [0.29, 0.717) is 10.7 Å². The van der Waals surface area contributed by atoms with Crippen molar-refractivity contribution in [1.82, 2.24) is 10.2 Å². The van der Waals surface area contributed by atoms with Gasteiger partial charge in [0.25, 0.3) is 5.91 Å². The van der Waals surface area contributed by atoms with Crippen LogP contribution in [0.5, 0.6) is 0 Å². The van der Waals surface area contributed by atoms with E-state index >= 15 is 0 Å². The number of rotatable bonds is 5. The Morgan fingerprint density at radius 2 is 1.92 bits per heavy atom. The first-order valence-electron chi connectivity index (χ1n) is 7.19. The van der Waals surface area contributed by atoms with Crippen LogP contribution in [0.3, 0.4) is 0 Å². The number of amides is 1. The van der Waals surface area contributed by atoms with Crippen LogP contribution in [-0.4, -0.2) is 16.1 Å². The molecule has 0 atom stereocenters. The Morgan fingerprint density at radius 1 is 1.17 bits per heavy atom. The minimum Gasteiger partial charge on any atom is -0.296 e. The molecule has 0 aliphatic heterocycles. The van der Waals surface area contributed by atoms with Gasteiger partial charge in [0, 0.05) is 11.3 Å². The number of carbonyl (C=O) groups excluding carboxylic acids is 1. The Kier molecular flexibility index (Phi) is 5.22. The molecule has 0 aliphatic carbocycles. The minimum absolute atomic E-state index is 0.332. The van der Waals surface area contributed by atoms with E-state index in [1.165, 1.54) is 46.7 Å². The van der Waals surface area contributed by atoms with Crippen molar-refractivity contribution in [2.75, 3.05) is 5.32 Å². The number of anilines is 1. The lowest BCUT2D eigenvalue weighted by atomic mass is 10.1. The normalized spacial score (nSPS) is 10.6. The molecular formula is C17H14FN3OS2. The highest BCUT2D eigenvalue weighted by Crippen LogP contribution is 2.29. The van der Waals surface area contributed by atoms with Crippen LogP contribution in [0.2, 0.25) is 0 Å². The summed E-state index contributed by atoms with van der Waals surface area (Å²) in [6.07, 6.45) is 0. The van der Waals surface area contributed by atoms with Crippen molar-refractivity contribution in [1.29, 1.82) is 0 Å². The molecule has 1 N–H and O–H groups in total. The Morgan fingerprint density at radius 3 is 2.67 bits per heavy atom. The molecule has 0 saturated carbocycles. The van der Waals surface area contributed by atoms with Gasteiger partial charge in [0.05, 0.1) is 0 Å². The quantitative estimate of drug-likeness (QED) is 0.537. The number of benzene rings is 2. The number of carbonyl (C=O) groups is 1. The van der Waals surface area contributed by atoms with Crippen LogP contribution in [0.1, 0.15) is 21.5 Å². The second kappa shape index (κ2) is 7.55. The summed E-state index contributed by atoms with van der Waals surface area (Å²) in [5, 5.41) is 11.2. The van der Waals surface area contributed by atoms with E-state index in [2.05, 4.69) is 34.6 Å². The maximum absolute atomic E-state index is 12.9. The molecule has 3 aromatic rings. The second-order valence-corrected chi connectivity index (χ2v) is 7.25. The van der Waals surface area contributed by atoms with Crippen LogP contribution < -0.4 is 5.32 Å². The van der Waals surface area contributed by atoms with E-state index in [1.807, 2.05) is 12.1 Å². The zero-order valence-corrected chi connectivity index (χ0v) is 14.5. The van der Waals surface area contributed by atoms with Gasteiger partial charge in [0.15, 0.2) is 4.34 Å². The summed E-state index contributed by atoms with van der Waals surface area (Å²) in [5.74, 6) is 0.0895. The van der Waals surface area contributed by atoms with Crippen molar-refractivity contribution in [2.24, 2.45) is 0 Å². The first-order valence-corrected chi connectivity index (χ1v) is 9.00. The van der Waals surface area contributed by atoms with Crippen LogP contribution in [0.4, 0.5) is 9.52 Å². The number of aryl methyl sites for hydroxylation is 1. The fourth-order valence-electron chi connectivity index (χ4n) is 2.00. The van der Waals surface area contributed by atoms with Crippen molar-refractivity contribution in [3.8, 4) is 0 Å². The smallest absolute Gasteiger partial charge is 0.257 e. The van der Waals surface area contributed by atoms with E-state index < -0.39 is 0 Å². The zero-order chi connectivity index (χ0) is 16.9. The third kappa shape index (κ3) is 4.18. The summed E-state index contributed by atoms with van der Waals surface area (Å²) >= 11 is 2.90. The SMILES string of the molecule is Cc1ccccc1CSc1nnc(NC(=O)c2ccc(F)cc2)s1. The van der Waals surface area contributed by atoms with Gasteiger partial charge in [-0.15, -0.1) is 10.2 Å². The van der Waals surface area contributed by atoms with Crippen LogP contribution in [0.15, 0.2) is 52.9 Å². The molecule has 0 saturated heterocycles. The van der Waals surface area contributed by atoms with E-state index in [-0.39, 0.29) is 11.7 Å². The van der Waals surface area contributed by atoms with Crippen molar-refractivity contribution in [2.45, 2.75) is 17.0 Å². The monoisotopic (exact) mass is 359 g/mol. The number of halogens is 1. The highest BCUT2D eigenvalue weighted by atomic mass is 32.2. The minimum atomic E-state index is -0.377. The number of thioether (sulfide) groups is 1. The average Bonchev–Trinajstić information content (AvgIpc) is 3.02. The fraction of sp³-hybridized carbons (Fsp3) is 0.118. The summed E-state index contributed by atoms with van der Waals surface area (Å²) in [5.41, 5.74) is 2.86. The lowest BCUT2D eigenvalue weighted by molar-refractivity contribution is 0.102. The van der Waals surface area contributed by atoms with Crippen LogP contribution >= 0.6 is 23.1 Å². The number of nitrogens with one attached hydrogen (secondary N) is 1. The molecule has 1 aromatic heterocycles. The van der Waals surface area contributed by atoms with Crippen molar-refractivity contribution < 1.29 is 9.18 Å². The molecule has 122 valence electrons. The highest BCUT2D eigenvalue weighted by molar-refractivity contribution is 8.00. The molecule has 0 bridgehead atoms. The highest BCUT2D eigenvalue weighted by Gasteiger charge is 2.11. The van der Waals surface area contributed by atoms with E-state index in [9.17, 15) is 9.18 Å². The Bertz CT molecular complexity index is 849. The van der Waals surface area contributed by atoms with Gasteiger partial charge in [-0.2, -0.15) is 0 Å². The molecule has 4 nitrogen and oxygen atoms in total. The molecule has 0 spiro atoms. The standard InChI is InChI=1S/C17H14FN3OS2/c1-11-4-2-3-5-13(11)10-23-17-21-20-16(24-17)19-15(22)12-6-8-14(18)9-7-12/h2-9H,10H2,1H3,(H,19,20,22). The third-order valence-electron chi connectivity index (χ3n) is 3.35. The number of nitrogens with zero attached hydrogens (tertiary/aromatic N) is 2. The number of hydrogen-bond acceptors (Lipinski definition) is 5. The summed E-state index contributed by atoms with van der Waals surface area (Å²) in [4.78, 5) is 12.1. The second-order valence-electron chi connectivity index (χ2n) is 5.05. The molecule has 2 aromatic carbocycles. The molecule has 24 heavy (non-hydrogen) atoms. The largest absolute Gasteiger partial charge is 0.296 e. The summed E-state index contributed by atoms with van der Waals surface area (Å²) < 4.78 is 13.7. The van der Waals surface area contributed by atoms with E-state index in [1.54, 1.807) is 11.8 Å². The van der Waals surface area contributed by atoms with Gasteiger partial charge < -0.3 is 0 Å². The first-order chi connectivity index (χ1) is 11.6. The molecule has 3 rings (SSSR count). The molecule has 0 radical (unpaired) electrons. The lowest BCUT2D eigenvalue weighted by Gasteiger charge is -2.02. The molecule has 1 heterocycles. The van der Waals surface area contributed by atoms with Crippen molar-refractivity contribution in [3.05, 3.63) is 71.0 Å². The lowest BCUT2D eigenvalue weighted by Crippen LogP contribution is -2.11. The predicted octanol–water partition coefficient (Wildman–Crippen LogP) is 4.53. The van der Waals surface area contributed by atoms with Gasteiger partial charge >= 0.3 is 0 Å². The molecule has 0 aliphatic rings. The average molecular weight is 359 g/mol. The van der Waals surface area contributed by atoms with Gasteiger partial charge in [-0.3, -0.25) is 10.1 Å². The van der Waals surface area contributed by atoms with Crippen LogP contribution in [0, 0.1) is 12.7 Å². The van der Waals surface area contributed by atoms with Crippen LogP contribution in [-0.2, 0) is 5.75 Å². The van der Waals surface area contributed by atoms with Crippen molar-refractivity contribution in [3.63, 3.8) is 0 Å². The van der Waals surface area contributed by atoms with Gasteiger partial charge in [-0.1, -0.05) is 47.4 Å². The van der Waals surface area contributed by atoms with Gasteiger partial charge in [-0.25, -0.2) is 4.39 Å². The molecular weight excluding hydrogens is 345 g/mol. The van der Waals surface area contributed by atoms with Crippen LogP contribution in [0.25, 0.3) is 0 Å². The third-order valence-corrected chi connectivity index (χ3v) is 5.37. The molecule has 1 amide bonds. The number of aromatic nitrogens is 2. The predicted molar refractivity (Wildman–Crippen MR) is 95.0 cm³/mol. The van der Waals surface area contributed by atoms with E-state index in [4.69, 9.17) is 0 Å². The Hall–Kier alpha value is -2.25. The van der Waals surface area contributed by atoms with Gasteiger partial charge in [0.1, 0.15) is 5.82 Å². The van der Waals surface area contributed by atoms with Crippen molar-refractivity contribution >= 4 is 34.1 Å². The topological polar surface area (TPSA) is 54.9 Å². The van der Waals surface area contributed by atoms with Gasteiger partial charge in [-0.05, 0) is 42.3 Å². The molecule has 0 unspecified atom stereocenters. The molecule has 7 heteroatoms.